The Kier molecular flexibility index (Phi) is 7.23. The lowest BCUT2D eigenvalue weighted by Gasteiger charge is -2.21. The standard InChI is InChI=1S/C25H30N4O2/c1-5-28(6-2)22-14-11-19-15-20(17-26-23(19)16-22)24(30)27-21-12-9-18(10-13-21)25(31)29(7-3)8-4/h9-17H,5-8H2,1-4H3,(H,27,30). The van der Waals surface area contributed by atoms with Crippen LogP contribution in [0.2, 0.25) is 0 Å². The summed E-state index contributed by atoms with van der Waals surface area (Å²) in [7, 11) is 0. The van der Waals surface area contributed by atoms with Gasteiger partial charge in [-0.15, -0.1) is 0 Å². The summed E-state index contributed by atoms with van der Waals surface area (Å²) in [5, 5.41) is 3.80. The first-order valence-corrected chi connectivity index (χ1v) is 10.9. The molecule has 0 fully saturated rings. The number of hydrogen-bond acceptors (Lipinski definition) is 4. The number of rotatable bonds is 8. The molecule has 2 amide bonds. The third-order valence-corrected chi connectivity index (χ3v) is 5.50. The van der Waals surface area contributed by atoms with Crippen molar-refractivity contribution in [2.24, 2.45) is 0 Å². The molecule has 1 heterocycles. The molecule has 31 heavy (non-hydrogen) atoms. The second kappa shape index (κ2) is 10.1. The minimum absolute atomic E-state index is 0.00862. The summed E-state index contributed by atoms with van der Waals surface area (Å²) >= 11 is 0. The van der Waals surface area contributed by atoms with Crippen LogP contribution in [0.4, 0.5) is 11.4 Å². The maximum absolute atomic E-state index is 12.7. The fourth-order valence-electron chi connectivity index (χ4n) is 3.61. The average molecular weight is 419 g/mol. The first kappa shape index (κ1) is 22.3. The summed E-state index contributed by atoms with van der Waals surface area (Å²) in [5.41, 5.74) is 3.73. The molecule has 0 atom stereocenters. The summed E-state index contributed by atoms with van der Waals surface area (Å²) in [6.45, 7) is 11.4. The number of hydrogen-bond donors (Lipinski definition) is 1. The molecule has 0 spiro atoms. The van der Waals surface area contributed by atoms with Gasteiger partial charge in [-0.1, -0.05) is 6.07 Å². The van der Waals surface area contributed by atoms with E-state index in [1.165, 1.54) is 0 Å². The molecule has 0 unspecified atom stereocenters. The van der Waals surface area contributed by atoms with Crippen LogP contribution < -0.4 is 10.2 Å². The highest BCUT2D eigenvalue weighted by Gasteiger charge is 2.13. The number of nitrogens with one attached hydrogen (secondary N) is 1. The van der Waals surface area contributed by atoms with Gasteiger partial charge in [0.25, 0.3) is 11.8 Å². The molecule has 6 nitrogen and oxygen atoms in total. The van der Waals surface area contributed by atoms with Crippen molar-refractivity contribution in [3.8, 4) is 0 Å². The van der Waals surface area contributed by atoms with E-state index in [0.29, 0.717) is 29.9 Å². The van der Waals surface area contributed by atoms with Crippen molar-refractivity contribution >= 4 is 34.1 Å². The number of carbonyl (C=O) groups excluding carboxylic acids is 2. The van der Waals surface area contributed by atoms with Crippen molar-refractivity contribution in [2.75, 3.05) is 36.4 Å². The van der Waals surface area contributed by atoms with E-state index < -0.39 is 0 Å². The summed E-state index contributed by atoms with van der Waals surface area (Å²) in [4.78, 5) is 33.6. The van der Waals surface area contributed by atoms with Gasteiger partial charge in [0, 0.05) is 54.7 Å². The minimum atomic E-state index is -0.231. The van der Waals surface area contributed by atoms with Crippen LogP contribution in [0.15, 0.2) is 54.7 Å². The lowest BCUT2D eigenvalue weighted by atomic mass is 10.1. The molecular weight excluding hydrogens is 388 g/mol. The van der Waals surface area contributed by atoms with Crippen molar-refractivity contribution < 1.29 is 9.59 Å². The molecule has 3 rings (SSSR count). The highest BCUT2D eigenvalue weighted by molar-refractivity contribution is 6.06. The van der Waals surface area contributed by atoms with Crippen LogP contribution in [0.1, 0.15) is 48.4 Å². The van der Waals surface area contributed by atoms with Crippen molar-refractivity contribution in [1.29, 1.82) is 0 Å². The van der Waals surface area contributed by atoms with Gasteiger partial charge in [0.1, 0.15) is 0 Å². The van der Waals surface area contributed by atoms with Crippen LogP contribution in [0.25, 0.3) is 10.9 Å². The van der Waals surface area contributed by atoms with Crippen molar-refractivity contribution in [2.45, 2.75) is 27.7 Å². The first-order chi connectivity index (χ1) is 15.0. The van der Waals surface area contributed by atoms with Gasteiger partial charge >= 0.3 is 0 Å². The number of nitrogens with zero attached hydrogens (tertiary/aromatic N) is 3. The number of anilines is 2. The van der Waals surface area contributed by atoms with Gasteiger partial charge in [-0.3, -0.25) is 14.6 Å². The number of aromatic nitrogens is 1. The molecule has 1 N–H and O–H groups in total. The van der Waals surface area contributed by atoms with Gasteiger partial charge in [0.05, 0.1) is 11.1 Å². The molecule has 0 radical (unpaired) electrons. The Balaban J connectivity index is 1.74. The topological polar surface area (TPSA) is 65.5 Å². The predicted octanol–water partition coefficient (Wildman–Crippen LogP) is 4.82. The molecule has 162 valence electrons. The molecule has 0 saturated carbocycles. The average Bonchev–Trinajstić information content (AvgIpc) is 2.80. The molecule has 2 aromatic carbocycles. The molecule has 0 bridgehead atoms. The highest BCUT2D eigenvalue weighted by Crippen LogP contribution is 2.22. The van der Waals surface area contributed by atoms with Gasteiger partial charge in [-0.2, -0.15) is 0 Å². The molecule has 0 saturated heterocycles. The number of amides is 2. The molecule has 3 aromatic rings. The highest BCUT2D eigenvalue weighted by atomic mass is 16.2. The SMILES string of the molecule is CCN(CC)C(=O)c1ccc(NC(=O)c2cnc3cc(N(CC)CC)ccc3c2)cc1. The van der Waals surface area contributed by atoms with E-state index in [9.17, 15) is 9.59 Å². The molecule has 0 aliphatic carbocycles. The molecular formula is C25H30N4O2. The van der Waals surface area contributed by atoms with Crippen molar-refractivity contribution in [1.82, 2.24) is 9.88 Å². The Bertz CT molecular complexity index is 1050. The second-order valence-corrected chi connectivity index (χ2v) is 7.28. The fourth-order valence-corrected chi connectivity index (χ4v) is 3.61. The van der Waals surface area contributed by atoms with E-state index in [-0.39, 0.29) is 11.8 Å². The van der Waals surface area contributed by atoms with Crippen molar-refractivity contribution in [3.63, 3.8) is 0 Å². The predicted molar refractivity (Wildman–Crippen MR) is 127 cm³/mol. The number of carbonyl (C=O) groups is 2. The van der Waals surface area contributed by atoms with Crippen LogP contribution in [0, 0.1) is 0 Å². The molecule has 1 aromatic heterocycles. The molecule has 0 aliphatic rings. The quantitative estimate of drug-likeness (QED) is 0.570. The van der Waals surface area contributed by atoms with Gasteiger partial charge in [-0.25, -0.2) is 0 Å². The Morgan fingerprint density at radius 1 is 0.839 bits per heavy atom. The van der Waals surface area contributed by atoms with E-state index in [1.807, 2.05) is 26.0 Å². The second-order valence-electron chi connectivity index (χ2n) is 7.28. The van der Waals surface area contributed by atoms with Crippen molar-refractivity contribution in [3.05, 3.63) is 65.9 Å². The van der Waals surface area contributed by atoms with Gasteiger partial charge in [-0.05, 0) is 70.2 Å². The van der Waals surface area contributed by atoms with Gasteiger partial charge in [0.15, 0.2) is 0 Å². The van der Waals surface area contributed by atoms with E-state index in [2.05, 4.69) is 41.2 Å². The van der Waals surface area contributed by atoms with E-state index >= 15 is 0 Å². The number of pyridine rings is 1. The number of fused-ring (bicyclic) bond motifs is 1. The Morgan fingerprint density at radius 2 is 1.52 bits per heavy atom. The zero-order valence-corrected chi connectivity index (χ0v) is 18.7. The molecule has 0 aliphatic heterocycles. The van der Waals surface area contributed by atoms with Crippen LogP contribution >= 0.6 is 0 Å². The first-order valence-electron chi connectivity index (χ1n) is 10.9. The minimum Gasteiger partial charge on any atom is -0.372 e. The molecule has 6 heteroatoms. The van der Waals surface area contributed by atoms with E-state index in [4.69, 9.17) is 0 Å². The third kappa shape index (κ3) is 5.02. The summed E-state index contributed by atoms with van der Waals surface area (Å²) in [6, 6.07) is 14.9. The monoisotopic (exact) mass is 418 g/mol. The summed E-state index contributed by atoms with van der Waals surface area (Å²) < 4.78 is 0. The zero-order valence-electron chi connectivity index (χ0n) is 18.7. The largest absolute Gasteiger partial charge is 0.372 e. The Hall–Kier alpha value is -3.41. The maximum Gasteiger partial charge on any atom is 0.257 e. The van der Waals surface area contributed by atoms with Crippen LogP contribution in [-0.2, 0) is 0 Å². The number of benzene rings is 2. The Morgan fingerprint density at radius 3 is 2.13 bits per heavy atom. The maximum atomic E-state index is 12.7. The fraction of sp³-hybridized carbons (Fsp3) is 0.320. The van der Waals surface area contributed by atoms with Crippen LogP contribution in [0.5, 0.6) is 0 Å². The smallest absolute Gasteiger partial charge is 0.257 e. The summed E-state index contributed by atoms with van der Waals surface area (Å²) in [5.74, 6) is -0.240. The lowest BCUT2D eigenvalue weighted by molar-refractivity contribution is 0.0773. The van der Waals surface area contributed by atoms with Crippen LogP contribution in [0.3, 0.4) is 0 Å². The van der Waals surface area contributed by atoms with Gasteiger partial charge < -0.3 is 15.1 Å². The third-order valence-electron chi connectivity index (χ3n) is 5.50. The Labute approximate surface area is 183 Å². The summed E-state index contributed by atoms with van der Waals surface area (Å²) in [6.07, 6.45) is 1.60. The van der Waals surface area contributed by atoms with Gasteiger partial charge in [0.2, 0.25) is 0 Å². The normalized spacial score (nSPS) is 10.7. The van der Waals surface area contributed by atoms with E-state index in [1.54, 1.807) is 35.4 Å². The zero-order chi connectivity index (χ0) is 22.4. The van der Waals surface area contributed by atoms with Crippen LogP contribution in [-0.4, -0.2) is 47.9 Å². The lowest BCUT2D eigenvalue weighted by Crippen LogP contribution is -2.30. The van der Waals surface area contributed by atoms with E-state index in [0.717, 1.165) is 29.7 Å².